The fourth-order valence-electron chi connectivity index (χ4n) is 1.23. The molecule has 0 radical (unpaired) electrons. The third-order valence-corrected chi connectivity index (χ3v) is 2.25. The molecule has 4 nitrogen and oxygen atoms in total. The molecular weight excluding hydrogens is 192 g/mol. The van der Waals surface area contributed by atoms with Crippen LogP contribution in [0.15, 0.2) is 22.8 Å². The van der Waals surface area contributed by atoms with E-state index in [0.717, 1.165) is 18.6 Å². The zero-order valence-corrected chi connectivity index (χ0v) is 9.03. The Morgan fingerprint density at radius 1 is 1.67 bits per heavy atom. The second kappa shape index (κ2) is 6.24. The zero-order chi connectivity index (χ0) is 11.1. The Morgan fingerprint density at radius 3 is 3.07 bits per heavy atom. The monoisotopic (exact) mass is 210 g/mol. The molecule has 4 heteroatoms. The van der Waals surface area contributed by atoms with Crippen molar-refractivity contribution in [2.45, 2.75) is 32.2 Å². The maximum Gasteiger partial charge on any atom is 0.221 e. The molecule has 0 bridgehead atoms. The van der Waals surface area contributed by atoms with E-state index < -0.39 is 0 Å². The Morgan fingerprint density at radius 2 is 2.47 bits per heavy atom. The summed E-state index contributed by atoms with van der Waals surface area (Å²) in [5.41, 5.74) is 5.66. The predicted octanol–water partition coefficient (Wildman–Crippen LogP) is 1.07. The van der Waals surface area contributed by atoms with Gasteiger partial charge in [0, 0.05) is 25.4 Å². The highest BCUT2D eigenvalue weighted by molar-refractivity contribution is 5.76. The van der Waals surface area contributed by atoms with Crippen molar-refractivity contribution >= 4 is 5.91 Å². The number of amides is 1. The Balaban J connectivity index is 2.12. The number of nitrogens with one attached hydrogen (secondary N) is 1. The first-order valence-electron chi connectivity index (χ1n) is 5.27. The van der Waals surface area contributed by atoms with Gasteiger partial charge in [-0.05, 0) is 18.6 Å². The molecule has 1 unspecified atom stereocenters. The van der Waals surface area contributed by atoms with E-state index in [1.54, 1.807) is 6.26 Å². The summed E-state index contributed by atoms with van der Waals surface area (Å²) >= 11 is 0. The summed E-state index contributed by atoms with van der Waals surface area (Å²) in [6, 6.07) is 3.70. The molecule has 0 aliphatic rings. The smallest absolute Gasteiger partial charge is 0.221 e. The molecule has 0 saturated heterocycles. The van der Waals surface area contributed by atoms with Gasteiger partial charge in [-0.3, -0.25) is 4.79 Å². The summed E-state index contributed by atoms with van der Waals surface area (Å²) in [5.74, 6) is 0.894. The molecular formula is C11H18N2O2. The number of carbonyl (C=O) groups is 1. The van der Waals surface area contributed by atoms with Crippen molar-refractivity contribution in [3.05, 3.63) is 24.2 Å². The van der Waals surface area contributed by atoms with Gasteiger partial charge in [-0.15, -0.1) is 0 Å². The van der Waals surface area contributed by atoms with Crippen molar-refractivity contribution in [3.8, 4) is 0 Å². The Labute approximate surface area is 89.8 Å². The molecule has 0 spiro atoms. The highest BCUT2D eigenvalue weighted by atomic mass is 16.3. The largest absolute Gasteiger partial charge is 0.469 e. The van der Waals surface area contributed by atoms with Crippen LogP contribution in [0.5, 0.6) is 0 Å². The van der Waals surface area contributed by atoms with Gasteiger partial charge in [0.2, 0.25) is 5.91 Å². The van der Waals surface area contributed by atoms with Crippen LogP contribution < -0.4 is 11.1 Å². The van der Waals surface area contributed by atoms with Gasteiger partial charge in [0.15, 0.2) is 0 Å². The quantitative estimate of drug-likeness (QED) is 0.737. The van der Waals surface area contributed by atoms with E-state index in [4.69, 9.17) is 10.2 Å². The van der Waals surface area contributed by atoms with Gasteiger partial charge in [0.25, 0.3) is 0 Å². The van der Waals surface area contributed by atoms with E-state index in [9.17, 15) is 4.79 Å². The fraction of sp³-hybridized carbons (Fsp3) is 0.545. The molecule has 0 saturated carbocycles. The molecule has 15 heavy (non-hydrogen) atoms. The van der Waals surface area contributed by atoms with Gasteiger partial charge in [0.1, 0.15) is 5.76 Å². The van der Waals surface area contributed by atoms with Gasteiger partial charge in [-0.2, -0.15) is 0 Å². The molecule has 3 N–H and O–H groups in total. The third kappa shape index (κ3) is 4.65. The number of hydrogen-bond donors (Lipinski definition) is 2. The maximum atomic E-state index is 11.3. The molecule has 1 amide bonds. The Kier molecular flexibility index (Phi) is 4.90. The second-order valence-corrected chi connectivity index (χ2v) is 3.55. The first-order chi connectivity index (χ1) is 7.22. The van der Waals surface area contributed by atoms with Crippen LogP contribution in [0.2, 0.25) is 0 Å². The molecule has 0 fully saturated rings. The van der Waals surface area contributed by atoms with Crippen molar-refractivity contribution in [2.24, 2.45) is 5.73 Å². The number of nitrogens with two attached hydrogens (primary N) is 1. The van der Waals surface area contributed by atoms with Crippen LogP contribution >= 0.6 is 0 Å². The molecule has 1 heterocycles. The highest BCUT2D eigenvalue weighted by Crippen LogP contribution is 1.99. The third-order valence-electron chi connectivity index (χ3n) is 2.25. The standard InChI is InChI=1S/C11H18N2O2/c1-2-9(12)8-11(14)13-6-5-10-4-3-7-15-10/h3-4,7,9H,2,5-6,8,12H2,1H3,(H,13,14). The number of hydrogen-bond acceptors (Lipinski definition) is 3. The van der Waals surface area contributed by atoms with Crippen molar-refractivity contribution in [2.75, 3.05) is 6.54 Å². The zero-order valence-electron chi connectivity index (χ0n) is 9.03. The molecule has 1 rings (SSSR count). The molecule has 0 aliphatic carbocycles. The van der Waals surface area contributed by atoms with Crippen LogP contribution in [-0.2, 0) is 11.2 Å². The van der Waals surface area contributed by atoms with Crippen molar-refractivity contribution < 1.29 is 9.21 Å². The lowest BCUT2D eigenvalue weighted by Crippen LogP contribution is -2.32. The number of rotatable bonds is 6. The van der Waals surface area contributed by atoms with Gasteiger partial charge in [-0.25, -0.2) is 0 Å². The predicted molar refractivity (Wildman–Crippen MR) is 58.3 cm³/mol. The van der Waals surface area contributed by atoms with Crippen LogP contribution in [0.25, 0.3) is 0 Å². The Hall–Kier alpha value is -1.29. The lowest BCUT2D eigenvalue weighted by atomic mass is 10.1. The lowest BCUT2D eigenvalue weighted by Gasteiger charge is -2.08. The summed E-state index contributed by atoms with van der Waals surface area (Å²) in [5, 5.41) is 2.81. The van der Waals surface area contributed by atoms with Gasteiger partial charge in [0.05, 0.1) is 6.26 Å². The van der Waals surface area contributed by atoms with E-state index >= 15 is 0 Å². The van der Waals surface area contributed by atoms with Crippen LogP contribution in [0, 0.1) is 0 Å². The molecule has 1 atom stereocenters. The van der Waals surface area contributed by atoms with Crippen LogP contribution in [0.3, 0.4) is 0 Å². The normalized spacial score (nSPS) is 12.4. The summed E-state index contributed by atoms with van der Waals surface area (Å²) in [4.78, 5) is 11.3. The van der Waals surface area contributed by atoms with Gasteiger partial charge >= 0.3 is 0 Å². The van der Waals surface area contributed by atoms with Crippen LogP contribution in [0.4, 0.5) is 0 Å². The van der Waals surface area contributed by atoms with Gasteiger partial charge in [-0.1, -0.05) is 6.92 Å². The van der Waals surface area contributed by atoms with Crippen molar-refractivity contribution in [3.63, 3.8) is 0 Å². The average Bonchev–Trinajstić information content (AvgIpc) is 2.70. The number of carbonyl (C=O) groups excluding carboxylic acids is 1. The van der Waals surface area contributed by atoms with Crippen molar-refractivity contribution in [1.29, 1.82) is 0 Å². The molecule has 0 aliphatic heterocycles. The van der Waals surface area contributed by atoms with E-state index in [0.29, 0.717) is 13.0 Å². The van der Waals surface area contributed by atoms with Crippen molar-refractivity contribution in [1.82, 2.24) is 5.32 Å². The SMILES string of the molecule is CCC(N)CC(=O)NCCc1ccco1. The maximum absolute atomic E-state index is 11.3. The number of furan rings is 1. The molecule has 1 aromatic rings. The highest BCUT2D eigenvalue weighted by Gasteiger charge is 2.06. The minimum absolute atomic E-state index is 0.0101. The first-order valence-corrected chi connectivity index (χ1v) is 5.27. The van der Waals surface area contributed by atoms with E-state index in [-0.39, 0.29) is 11.9 Å². The molecule has 0 aromatic carbocycles. The first kappa shape index (κ1) is 11.8. The van der Waals surface area contributed by atoms with E-state index in [1.165, 1.54) is 0 Å². The summed E-state index contributed by atoms with van der Waals surface area (Å²) < 4.78 is 5.14. The molecule has 84 valence electrons. The summed E-state index contributed by atoms with van der Waals surface area (Å²) in [6.45, 7) is 2.57. The van der Waals surface area contributed by atoms with Crippen LogP contribution in [0.1, 0.15) is 25.5 Å². The Bertz CT molecular complexity index is 283. The van der Waals surface area contributed by atoms with E-state index in [1.807, 2.05) is 19.1 Å². The minimum Gasteiger partial charge on any atom is -0.469 e. The topological polar surface area (TPSA) is 68.3 Å². The summed E-state index contributed by atoms with van der Waals surface area (Å²) in [7, 11) is 0. The molecule has 1 aromatic heterocycles. The van der Waals surface area contributed by atoms with E-state index in [2.05, 4.69) is 5.32 Å². The lowest BCUT2D eigenvalue weighted by molar-refractivity contribution is -0.121. The van der Waals surface area contributed by atoms with Gasteiger partial charge < -0.3 is 15.5 Å². The average molecular weight is 210 g/mol. The summed E-state index contributed by atoms with van der Waals surface area (Å²) in [6.07, 6.45) is 3.57. The fourth-order valence-corrected chi connectivity index (χ4v) is 1.23. The minimum atomic E-state index is -0.0337. The van der Waals surface area contributed by atoms with Crippen LogP contribution in [-0.4, -0.2) is 18.5 Å². The second-order valence-electron chi connectivity index (χ2n) is 3.55.